The Labute approximate surface area is 172 Å². The molecule has 1 unspecified atom stereocenters. The second kappa shape index (κ2) is 8.45. The third-order valence-corrected chi connectivity index (χ3v) is 7.89. The first-order valence-electron chi connectivity index (χ1n) is 10.5. The average molecular weight is 420 g/mol. The van der Waals surface area contributed by atoms with Crippen LogP contribution in [0.5, 0.6) is 0 Å². The molecule has 1 aromatic carbocycles. The van der Waals surface area contributed by atoms with Gasteiger partial charge in [0.2, 0.25) is 15.9 Å². The summed E-state index contributed by atoms with van der Waals surface area (Å²) in [5.41, 5.74) is 0.869. The van der Waals surface area contributed by atoms with Gasteiger partial charge < -0.3 is 14.2 Å². The van der Waals surface area contributed by atoms with Gasteiger partial charge in [-0.2, -0.15) is 4.31 Å². The number of hydrogen-bond donors (Lipinski definition) is 0. The van der Waals surface area contributed by atoms with Crippen LogP contribution in [0.25, 0.3) is 10.9 Å². The normalized spacial score (nSPS) is 20.5. The Morgan fingerprint density at radius 2 is 1.69 bits per heavy atom. The second-order valence-corrected chi connectivity index (χ2v) is 9.81. The zero-order valence-electron chi connectivity index (χ0n) is 16.9. The molecule has 0 bridgehead atoms. The molecule has 29 heavy (non-hydrogen) atoms. The summed E-state index contributed by atoms with van der Waals surface area (Å²) in [4.78, 5) is 15.0. The van der Waals surface area contributed by atoms with Crippen molar-refractivity contribution in [2.45, 2.75) is 43.5 Å². The molecule has 2 saturated heterocycles. The van der Waals surface area contributed by atoms with E-state index >= 15 is 0 Å². The van der Waals surface area contributed by atoms with Gasteiger partial charge >= 0.3 is 0 Å². The van der Waals surface area contributed by atoms with Crippen molar-refractivity contribution in [1.82, 2.24) is 13.8 Å². The Morgan fingerprint density at radius 1 is 1.00 bits per heavy atom. The van der Waals surface area contributed by atoms with Crippen LogP contribution in [0.2, 0.25) is 0 Å². The minimum atomic E-state index is -3.49. The Hall–Kier alpha value is -1.90. The Balaban J connectivity index is 1.59. The summed E-state index contributed by atoms with van der Waals surface area (Å²) in [6, 6.07) is 6.77. The number of fused-ring (bicyclic) bond motifs is 1. The molecule has 2 aromatic rings. The van der Waals surface area contributed by atoms with Crippen LogP contribution < -0.4 is 0 Å². The van der Waals surface area contributed by atoms with Crippen LogP contribution in [0.3, 0.4) is 0 Å². The van der Waals surface area contributed by atoms with Gasteiger partial charge in [0.05, 0.1) is 18.1 Å². The molecule has 3 heterocycles. The minimum absolute atomic E-state index is 0.0621. The fraction of sp³-hybridized carbons (Fsp3) is 0.571. The molecule has 0 radical (unpaired) electrons. The molecule has 0 aliphatic carbocycles. The van der Waals surface area contributed by atoms with Gasteiger partial charge in [0.15, 0.2) is 0 Å². The van der Waals surface area contributed by atoms with Gasteiger partial charge in [0, 0.05) is 43.3 Å². The minimum Gasteiger partial charge on any atom is -0.378 e. The van der Waals surface area contributed by atoms with Crippen molar-refractivity contribution in [2.24, 2.45) is 0 Å². The monoisotopic (exact) mass is 419 g/mol. The zero-order chi connectivity index (χ0) is 20.4. The highest BCUT2D eigenvalue weighted by atomic mass is 32.2. The van der Waals surface area contributed by atoms with Gasteiger partial charge in [0.1, 0.15) is 6.04 Å². The van der Waals surface area contributed by atoms with Crippen LogP contribution in [0.1, 0.15) is 38.6 Å². The fourth-order valence-electron chi connectivity index (χ4n) is 4.24. The standard InChI is InChI=1S/C21H29N3O4S/c1-17(21(25)22-12-14-28-15-13-22)24-11-8-18-16-19(6-7-20(18)24)29(26,27)23-9-4-2-3-5-10-23/h6-8,11,16-17H,2-5,9-10,12-15H2,1H3. The predicted molar refractivity (Wildman–Crippen MR) is 111 cm³/mol. The Bertz CT molecular complexity index is 971. The number of amides is 1. The van der Waals surface area contributed by atoms with Crippen LogP contribution in [0, 0.1) is 0 Å². The van der Waals surface area contributed by atoms with E-state index in [2.05, 4.69) is 0 Å². The number of hydrogen-bond acceptors (Lipinski definition) is 4. The molecule has 1 amide bonds. The summed E-state index contributed by atoms with van der Waals surface area (Å²) in [6.07, 6.45) is 5.87. The maximum atomic E-state index is 13.1. The van der Waals surface area contributed by atoms with Crippen molar-refractivity contribution in [3.8, 4) is 0 Å². The molecule has 158 valence electrons. The maximum Gasteiger partial charge on any atom is 0.245 e. The van der Waals surface area contributed by atoms with Gasteiger partial charge in [-0.05, 0) is 44.0 Å². The zero-order valence-corrected chi connectivity index (χ0v) is 17.7. The highest BCUT2D eigenvalue weighted by molar-refractivity contribution is 7.89. The van der Waals surface area contributed by atoms with Gasteiger partial charge in [-0.3, -0.25) is 4.79 Å². The number of rotatable bonds is 4. The molecular weight excluding hydrogens is 390 g/mol. The van der Waals surface area contributed by atoms with E-state index in [0.717, 1.165) is 36.6 Å². The lowest BCUT2D eigenvalue weighted by Crippen LogP contribution is -2.43. The van der Waals surface area contributed by atoms with Gasteiger partial charge in [-0.15, -0.1) is 0 Å². The van der Waals surface area contributed by atoms with Crippen LogP contribution in [0.15, 0.2) is 35.4 Å². The first kappa shape index (κ1) is 20.4. The van der Waals surface area contributed by atoms with Gasteiger partial charge in [0.25, 0.3) is 0 Å². The lowest BCUT2D eigenvalue weighted by atomic mass is 10.2. The van der Waals surface area contributed by atoms with E-state index in [4.69, 9.17) is 4.74 Å². The van der Waals surface area contributed by atoms with E-state index in [0.29, 0.717) is 44.3 Å². The second-order valence-electron chi connectivity index (χ2n) is 7.88. The molecule has 2 aliphatic rings. The highest BCUT2D eigenvalue weighted by Gasteiger charge is 2.27. The van der Waals surface area contributed by atoms with Crippen molar-refractivity contribution < 1.29 is 17.9 Å². The van der Waals surface area contributed by atoms with Gasteiger partial charge in [-0.1, -0.05) is 12.8 Å². The summed E-state index contributed by atoms with van der Waals surface area (Å²) < 4.78 is 35.0. The number of ether oxygens (including phenoxy) is 1. The summed E-state index contributed by atoms with van der Waals surface area (Å²) in [5.74, 6) is 0.0621. The Kier molecular flexibility index (Phi) is 5.94. The molecule has 0 N–H and O–H groups in total. The molecule has 7 nitrogen and oxygen atoms in total. The summed E-state index contributed by atoms with van der Waals surface area (Å²) in [6.45, 7) is 5.43. The smallest absolute Gasteiger partial charge is 0.245 e. The number of carbonyl (C=O) groups is 1. The average Bonchev–Trinajstić information content (AvgIpc) is 2.96. The molecule has 2 fully saturated rings. The van der Waals surface area contributed by atoms with Crippen molar-refractivity contribution in [3.05, 3.63) is 30.5 Å². The van der Waals surface area contributed by atoms with E-state index in [1.807, 2.05) is 34.7 Å². The number of carbonyl (C=O) groups excluding carboxylic acids is 1. The highest BCUT2D eigenvalue weighted by Crippen LogP contribution is 2.27. The van der Waals surface area contributed by atoms with E-state index in [-0.39, 0.29) is 11.9 Å². The molecule has 0 saturated carbocycles. The van der Waals surface area contributed by atoms with Crippen molar-refractivity contribution >= 4 is 26.8 Å². The van der Waals surface area contributed by atoms with E-state index < -0.39 is 10.0 Å². The third-order valence-electron chi connectivity index (χ3n) is 5.99. The fourth-order valence-corrected chi connectivity index (χ4v) is 5.79. The number of morpholine rings is 1. The first-order chi connectivity index (χ1) is 14.0. The molecule has 1 atom stereocenters. The number of nitrogens with zero attached hydrogens (tertiary/aromatic N) is 3. The topological polar surface area (TPSA) is 71.8 Å². The summed E-state index contributed by atoms with van der Waals surface area (Å²) in [7, 11) is -3.49. The number of aromatic nitrogens is 1. The lowest BCUT2D eigenvalue weighted by Gasteiger charge is -2.30. The SMILES string of the molecule is CC(C(=O)N1CCOCC1)n1ccc2cc(S(=O)(=O)N3CCCCCC3)ccc21. The van der Waals surface area contributed by atoms with Crippen LogP contribution >= 0.6 is 0 Å². The molecule has 0 spiro atoms. The summed E-state index contributed by atoms with van der Waals surface area (Å²) >= 11 is 0. The van der Waals surface area contributed by atoms with Crippen LogP contribution in [-0.4, -0.2) is 67.5 Å². The molecule has 1 aromatic heterocycles. The quantitative estimate of drug-likeness (QED) is 0.764. The van der Waals surface area contributed by atoms with Gasteiger partial charge in [-0.25, -0.2) is 8.42 Å². The van der Waals surface area contributed by atoms with E-state index in [1.165, 1.54) is 0 Å². The molecule has 4 rings (SSSR count). The third kappa shape index (κ3) is 4.06. The Morgan fingerprint density at radius 3 is 2.38 bits per heavy atom. The maximum absolute atomic E-state index is 13.1. The molecule has 8 heteroatoms. The summed E-state index contributed by atoms with van der Waals surface area (Å²) in [5, 5.41) is 0.836. The number of benzene rings is 1. The van der Waals surface area contributed by atoms with Crippen LogP contribution in [-0.2, 0) is 19.6 Å². The van der Waals surface area contributed by atoms with Crippen molar-refractivity contribution in [2.75, 3.05) is 39.4 Å². The molecule has 2 aliphatic heterocycles. The first-order valence-corrected chi connectivity index (χ1v) is 11.9. The van der Waals surface area contributed by atoms with Crippen molar-refractivity contribution in [1.29, 1.82) is 0 Å². The largest absolute Gasteiger partial charge is 0.378 e. The van der Waals surface area contributed by atoms with E-state index in [9.17, 15) is 13.2 Å². The van der Waals surface area contributed by atoms with E-state index in [1.54, 1.807) is 16.4 Å². The molecular formula is C21H29N3O4S. The van der Waals surface area contributed by atoms with Crippen LogP contribution in [0.4, 0.5) is 0 Å². The lowest BCUT2D eigenvalue weighted by molar-refractivity contribution is -0.138. The number of sulfonamides is 1. The predicted octanol–water partition coefficient (Wildman–Crippen LogP) is 2.63. The van der Waals surface area contributed by atoms with Crippen molar-refractivity contribution in [3.63, 3.8) is 0 Å².